The Morgan fingerprint density at radius 2 is 2.37 bits per heavy atom. The molecule has 1 saturated heterocycles. The highest BCUT2D eigenvalue weighted by atomic mass is 79.9. The molecule has 0 amide bonds. The Hall–Kier alpha value is -1.14. The van der Waals surface area contributed by atoms with Gasteiger partial charge >= 0.3 is 0 Å². The first-order valence-electron chi connectivity index (χ1n) is 6.55. The van der Waals surface area contributed by atoms with Gasteiger partial charge in [-0.3, -0.25) is 10.1 Å². The summed E-state index contributed by atoms with van der Waals surface area (Å²) < 4.78 is 0.847. The maximum Gasteiger partial charge on any atom is 0.292 e. The van der Waals surface area contributed by atoms with Crippen molar-refractivity contribution in [3.63, 3.8) is 0 Å². The molecular weight excluding hydrogens is 310 g/mol. The Morgan fingerprint density at radius 1 is 1.53 bits per heavy atom. The molecule has 1 aliphatic heterocycles. The van der Waals surface area contributed by atoms with E-state index in [1.54, 1.807) is 12.1 Å². The Balaban J connectivity index is 1.91. The van der Waals surface area contributed by atoms with Crippen LogP contribution in [0.4, 0.5) is 11.4 Å². The number of nitrogens with zero attached hydrogens (tertiary/aromatic N) is 1. The topological polar surface area (TPSA) is 67.2 Å². The first-order chi connectivity index (χ1) is 9.16. The number of piperidine rings is 1. The van der Waals surface area contributed by atoms with Crippen molar-refractivity contribution in [3.05, 3.63) is 32.8 Å². The predicted molar refractivity (Wildman–Crippen MR) is 79.5 cm³/mol. The average molecular weight is 328 g/mol. The summed E-state index contributed by atoms with van der Waals surface area (Å²) in [7, 11) is 0. The molecule has 5 nitrogen and oxygen atoms in total. The Bertz CT molecular complexity index is 448. The maximum absolute atomic E-state index is 10.9. The quantitative estimate of drug-likeness (QED) is 0.644. The van der Waals surface area contributed by atoms with E-state index in [4.69, 9.17) is 0 Å². The van der Waals surface area contributed by atoms with Crippen LogP contribution < -0.4 is 10.6 Å². The lowest BCUT2D eigenvalue weighted by Gasteiger charge is -2.22. The van der Waals surface area contributed by atoms with Crippen molar-refractivity contribution in [1.29, 1.82) is 0 Å². The van der Waals surface area contributed by atoms with Crippen molar-refractivity contribution in [2.24, 2.45) is 5.92 Å². The Kier molecular flexibility index (Phi) is 5.15. The van der Waals surface area contributed by atoms with Crippen LogP contribution in [0.3, 0.4) is 0 Å². The molecule has 0 radical (unpaired) electrons. The summed E-state index contributed by atoms with van der Waals surface area (Å²) in [5, 5.41) is 17.5. The second-order valence-electron chi connectivity index (χ2n) is 4.85. The van der Waals surface area contributed by atoms with Crippen LogP contribution in [0.1, 0.15) is 19.3 Å². The van der Waals surface area contributed by atoms with E-state index in [1.807, 2.05) is 0 Å². The van der Waals surface area contributed by atoms with E-state index >= 15 is 0 Å². The molecule has 1 aromatic carbocycles. The monoisotopic (exact) mass is 327 g/mol. The molecule has 0 saturated carbocycles. The van der Waals surface area contributed by atoms with Gasteiger partial charge in [-0.1, -0.05) is 15.9 Å². The van der Waals surface area contributed by atoms with E-state index in [2.05, 4.69) is 26.6 Å². The number of benzene rings is 1. The number of hydrogen-bond acceptors (Lipinski definition) is 4. The zero-order chi connectivity index (χ0) is 13.7. The standard InChI is InChI=1S/C13H18BrN3O2/c14-11-3-4-13(17(18)19)12(8-11)16-7-5-10-2-1-6-15-9-10/h3-4,8,10,15-16H,1-2,5-7,9H2. The number of hydrogen-bond donors (Lipinski definition) is 2. The normalized spacial score (nSPS) is 19.1. The van der Waals surface area contributed by atoms with Crippen molar-refractivity contribution in [3.8, 4) is 0 Å². The third-order valence-corrected chi connectivity index (χ3v) is 3.92. The molecule has 1 aromatic rings. The summed E-state index contributed by atoms with van der Waals surface area (Å²) >= 11 is 3.34. The number of anilines is 1. The molecule has 6 heteroatoms. The Morgan fingerprint density at radius 3 is 3.05 bits per heavy atom. The lowest BCUT2D eigenvalue weighted by molar-refractivity contribution is -0.384. The minimum atomic E-state index is -0.350. The third kappa shape index (κ3) is 4.18. The number of nitro benzene ring substituents is 1. The first kappa shape index (κ1) is 14.3. The van der Waals surface area contributed by atoms with Gasteiger partial charge in [0.15, 0.2) is 0 Å². The van der Waals surface area contributed by atoms with E-state index in [9.17, 15) is 10.1 Å². The van der Waals surface area contributed by atoms with Gasteiger partial charge < -0.3 is 10.6 Å². The SMILES string of the molecule is O=[N+]([O-])c1ccc(Br)cc1NCCC1CCCNC1. The summed E-state index contributed by atoms with van der Waals surface area (Å²) in [6, 6.07) is 4.97. The summed E-state index contributed by atoms with van der Waals surface area (Å²) in [5.41, 5.74) is 0.716. The van der Waals surface area contributed by atoms with Crippen LogP contribution in [-0.2, 0) is 0 Å². The van der Waals surface area contributed by atoms with Gasteiger partial charge in [0.05, 0.1) is 4.92 Å². The molecule has 2 rings (SSSR count). The highest BCUT2D eigenvalue weighted by molar-refractivity contribution is 9.10. The molecule has 2 N–H and O–H groups in total. The molecule has 0 aliphatic carbocycles. The minimum absolute atomic E-state index is 0.130. The van der Waals surface area contributed by atoms with E-state index in [-0.39, 0.29) is 10.6 Å². The number of rotatable bonds is 5. The van der Waals surface area contributed by atoms with Crippen LogP contribution in [0.2, 0.25) is 0 Å². The summed E-state index contributed by atoms with van der Waals surface area (Å²) in [6.45, 7) is 2.94. The highest BCUT2D eigenvalue weighted by Gasteiger charge is 2.15. The van der Waals surface area contributed by atoms with E-state index in [0.29, 0.717) is 11.6 Å². The second-order valence-corrected chi connectivity index (χ2v) is 5.76. The van der Waals surface area contributed by atoms with E-state index < -0.39 is 0 Å². The molecule has 1 aliphatic rings. The molecule has 1 unspecified atom stereocenters. The van der Waals surface area contributed by atoms with Crippen molar-refractivity contribution < 1.29 is 4.92 Å². The second kappa shape index (κ2) is 6.86. The largest absolute Gasteiger partial charge is 0.379 e. The molecule has 0 aromatic heterocycles. The maximum atomic E-state index is 10.9. The van der Waals surface area contributed by atoms with Gasteiger partial charge in [-0.2, -0.15) is 0 Å². The first-order valence-corrected chi connectivity index (χ1v) is 7.34. The van der Waals surface area contributed by atoms with Gasteiger partial charge in [0.1, 0.15) is 5.69 Å². The molecule has 0 bridgehead atoms. The predicted octanol–water partition coefficient (Wildman–Crippen LogP) is 3.16. The number of nitro groups is 1. The summed E-state index contributed by atoms with van der Waals surface area (Å²) in [5.74, 6) is 0.674. The van der Waals surface area contributed by atoms with Gasteiger partial charge in [0.2, 0.25) is 0 Å². The number of halogens is 1. The molecule has 104 valence electrons. The van der Waals surface area contributed by atoms with Crippen molar-refractivity contribution in [2.45, 2.75) is 19.3 Å². The molecule has 0 spiro atoms. The van der Waals surface area contributed by atoms with Crippen molar-refractivity contribution >= 4 is 27.3 Å². The summed E-state index contributed by atoms with van der Waals surface area (Å²) in [4.78, 5) is 10.6. The van der Waals surface area contributed by atoms with Crippen molar-refractivity contribution in [1.82, 2.24) is 5.32 Å². The number of nitrogens with one attached hydrogen (secondary N) is 2. The van der Waals surface area contributed by atoms with E-state index in [0.717, 1.165) is 30.5 Å². The lowest BCUT2D eigenvalue weighted by Crippen LogP contribution is -2.30. The van der Waals surface area contributed by atoms with Crippen LogP contribution >= 0.6 is 15.9 Å². The van der Waals surface area contributed by atoms with Crippen LogP contribution in [-0.4, -0.2) is 24.6 Å². The minimum Gasteiger partial charge on any atom is -0.379 e. The van der Waals surface area contributed by atoms with Gasteiger partial charge in [-0.05, 0) is 50.4 Å². The van der Waals surface area contributed by atoms with Gasteiger partial charge in [0.25, 0.3) is 5.69 Å². The highest BCUT2D eigenvalue weighted by Crippen LogP contribution is 2.28. The molecule has 1 fully saturated rings. The smallest absolute Gasteiger partial charge is 0.292 e. The molecular formula is C13H18BrN3O2. The van der Waals surface area contributed by atoms with Gasteiger partial charge in [-0.25, -0.2) is 0 Å². The van der Waals surface area contributed by atoms with E-state index in [1.165, 1.54) is 18.9 Å². The zero-order valence-corrected chi connectivity index (χ0v) is 12.3. The summed E-state index contributed by atoms with van der Waals surface area (Å²) in [6.07, 6.45) is 3.51. The van der Waals surface area contributed by atoms with Crippen molar-refractivity contribution in [2.75, 3.05) is 25.0 Å². The lowest BCUT2D eigenvalue weighted by atomic mass is 9.96. The van der Waals surface area contributed by atoms with Gasteiger partial charge in [-0.15, -0.1) is 0 Å². The van der Waals surface area contributed by atoms with Crippen LogP contribution in [0, 0.1) is 16.0 Å². The van der Waals surface area contributed by atoms with Gasteiger partial charge in [0, 0.05) is 17.1 Å². The molecule has 1 heterocycles. The fraction of sp³-hybridized carbons (Fsp3) is 0.538. The zero-order valence-electron chi connectivity index (χ0n) is 10.7. The van der Waals surface area contributed by atoms with Crippen LogP contribution in [0.15, 0.2) is 22.7 Å². The Labute approximate surface area is 121 Å². The molecule has 1 atom stereocenters. The molecule has 19 heavy (non-hydrogen) atoms. The fourth-order valence-electron chi connectivity index (χ4n) is 2.39. The fourth-order valence-corrected chi connectivity index (χ4v) is 2.75. The van der Waals surface area contributed by atoms with Crippen LogP contribution in [0.25, 0.3) is 0 Å². The average Bonchev–Trinajstić information content (AvgIpc) is 2.39. The van der Waals surface area contributed by atoms with Crippen LogP contribution in [0.5, 0.6) is 0 Å². The third-order valence-electron chi connectivity index (χ3n) is 3.42.